The fourth-order valence-corrected chi connectivity index (χ4v) is 5.40. The average Bonchev–Trinajstić information content (AvgIpc) is 2.84. The molecule has 34 heavy (non-hydrogen) atoms. The minimum absolute atomic E-state index is 0.110. The Morgan fingerprint density at radius 3 is 2.47 bits per heavy atom. The highest BCUT2D eigenvalue weighted by Crippen LogP contribution is 2.35. The molecule has 2 aromatic carbocycles. The third-order valence-corrected chi connectivity index (χ3v) is 7.18. The second kappa shape index (κ2) is 9.24. The summed E-state index contributed by atoms with van der Waals surface area (Å²) in [5.41, 5.74) is 5.45. The quantitative estimate of drug-likeness (QED) is 0.361. The summed E-state index contributed by atoms with van der Waals surface area (Å²) in [5.74, 6) is 0.585. The van der Waals surface area contributed by atoms with E-state index in [1.807, 2.05) is 18.3 Å². The summed E-state index contributed by atoms with van der Waals surface area (Å²) in [6, 6.07) is 20.6. The molecule has 0 spiro atoms. The molecule has 2 aromatic heterocycles. The number of rotatable bonds is 5. The maximum absolute atomic E-state index is 11.7. The van der Waals surface area contributed by atoms with E-state index in [2.05, 4.69) is 62.1 Å². The van der Waals surface area contributed by atoms with Crippen LogP contribution in [-0.2, 0) is 10.0 Å². The highest BCUT2D eigenvalue weighted by molar-refractivity contribution is 7.92. The number of sulfonamides is 1. The zero-order chi connectivity index (χ0) is 23.7. The van der Waals surface area contributed by atoms with Crippen molar-refractivity contribution in [2.75, 3.05) is 29.0 Å². The number of fused-ring (bicyclic) bond motifs is 1. The summed E-state index contributed by atoms with van der Waals surface area (Å²) in [6.07, 6.45) is 6.81. The minimum Gasteiger partial charge on any atom is -0.371 e. The van der Waals surface area contributed by atoms with E-state index in [1.54, 1.807) is 12.3 Å². The number of nitrogens with zero attached hydrogens (tertiary/aromatic N) is 3. The van der Waals surface area contributed by atoms with Crippen LogP contribution in [-0.4, -0.2) is 37.7 Å². The Balaban J connectivity index is 1.45. The molecule has 1 N–H and O–H groups in total. The van der Waals surface area contributed by atoms with Gasteiger partial charge in [-0.25, -0.2) is 13.4 Å². The first-order valence-electron chi connectivity index (χ1n) is 11.2. The standard InChI is InChI=1S/C26H25ClN4O2S/c1-34(32,33)30-24-16-21(17-29-26(24)27)20-7-8-23-22(15-20)25(9-12-28-23)31-13-10-19(11-14-31)18-5-3-2-4-6-18/h2-9,12,15-17,19,30H,10-11,13-14H2,1H3. The molecule has 0 saturated carbocycles. The fraction of sp³-hybridized carbons (Fsp3) is 0.231. The molecule has 1 saturated heterocycles. The zero-order valence-electron chi connectivity index (χ0n) is 18.8. The maximum Gasteiger partial charge on any atom is 0.229 e. The highest BCUT2D eigenvalue weighted by Gasteiger charge is 2.22. The number of nitrogens with one attached hydrogen (secondary N) is 1. The van der Waals surface area contributed by atoms with E-state index in [0.717, 1.165) is 59.9 Å². The van der Waals surface area contributed by atoms with Crippen LogP contribution in [0.25, 0.3) is 22.0 Å². The normalized spacial score (nSPS) is 14.9. The van der Waals surface area contributed by atoms with Crippen LogP contribution >= 0.6 is 11.6 Å². The van der Waals surface area contributed by atoms with Gasteiger partial charge in [-0.1, -0.05) is 48.0 Å². The molecular formula is C26H25ClN4O2S. The number of pyridine rings is 2. The molecule has 1 aliphatic heterocycles. The number of hydrogen-bond acceptors (Lipinski definition) is 5. The van der Waals surface area contributed by atoms with Crippen molar-refractivity contribution < 1.29 is 8.42 Å². The van der Waals surface area contributed by atoms with Gasteiger partial charge in [0.15, 0.2) is 5.15 Å². The largest absolute Gasteiger partial charge is 0.371 e. The molecule has 0 unspecified atom stereocenters. The van der Waals surface area contributed by atoms with E-state index in [1.165, 1.54) is 5.56 Å². The molecule has 3 heterocycles. The van der Waals surface area contributed by atoms with Crippen LogP contribution in [0, 0.1) is 0 Å². The van der Waals surface area contributed by atoms with Crippen LogP contribution < -0.4 is 9.62 Å². The summed E-state index contributed by atoms with van der Waals surface area (Å²) in [4.78, 5) is 11.2. The predicted molar refractivity (Wildman–Crippen MR) is 139 cm³/mol. The van der Waals surface area contributed by atoms with Gasteiger partial charge in [-0.2, -0.15) is 0 Å². The van der Waals surface area contributed by atoms with Crippen LogP contribution in [0.3, 0.4) is 0 Å². The summed E-state index contributed by atoms with van der Waals surface area (Å²) in [7, 11) is -3.47. The lowest BCUT2D eigenvalue weighted by Gasteiger charge is -2.34. The smallest absolute Gasteiger partial charge is 0.229 e. The van der Waals surface area contributed by atoms with Crippen molar-refractivity contribution >= 4 is 43.9 Å². The van der Waals surface area contributed by atoms with Crippen molar-refractivity contribution in [1.82, 2.24) is 9.97 Å². The van der Waals surface area contributed by atoms with Crippen molar-refractivity contribution in [3.05, 3.63) is 83.8 Å². The Kier molecular flexibility index (Phi) is 6.15. The molecular weight excluding hydrogens is 468 g/mol. The van der Waals surface area contributed by atoms with E-state index in [-0.39, 0.29) is 10.8 Å². The third kappa shape index (κ3) is 4.86. The Labute approximate surface area is 204 Å². The number of hydrogen-bond donors (Lipinski definition) is 1. The molecule has 0 amide bonds. The second-order valence-corrected chi connectivity index (χ2v) is 10.8. The Bertz CT molecular complexity index is 1440. The fourth-order valence-electron chi connectivity index (χ4n) is 4.64. The van der Waals surface area contributed by atoms with E-state index in [0.29, 0.717) is 5.92 Å². The van der Waals surface area contributed by atoms with E-state index >= 15 is 0 Å². The molecule has 0 bridgehead atoms. The van der Waals surface area contributed by atoms with Crippen molar-refractivity contribution in [2.45, 2.75) is 18.8 Å². The van der Waals surface area contributed by atoms with Gasteiger partial charge >= 0.3 is 0 Å². The SMILES string of the molecule is CS(=O)(=O)Nc1cc(-c2ccc3nccc(N4CCC(c5ccccc5)CC4)c3c2)cnc1Cl. The van der Waals surface area contributed by atoms with Gasteiger partial charge in [0, 0.05) is 42.1 Å². The number of benzene rings is 2. The Hall–Kier alpha value is -3.16. The summed E-state index contributed by atoms with van der Waals surface area (Å²) in [5, 5.41) is 1.17. The summed E-state index contributed by atoms with van der Waals surface area (Å²) >= 11 is 6.11. The van der Waals surface area contributed by atoms with Crippen molar-refractivity contribution in [3.63, 3.8) is 0 Å². The minimum atomic E-state index is -3.47. The first-order valence-corrected chi connectivity index (χ1v) is 13.5. The van der Waals surface area contributed by atoms with Gasteiger partial charge in [-0.3, -0.25) is 9.71 Å². The molecule has 1 fully saturated rings. The first kappa shape index (κ1) is 22.6. The maximum atomic E-state index is 11.7. The average molecular weight is 493 g/mol. The third-order valence-electron chi connectivity index (χ3n) is 6.29. The second-order valence-electron chi connectivity index (χ2n) is 8.67. The van der Waals surface area contributed by atoms with E-state index in [9.17, 15) is 8.42 Å². The predicted octanol–water partition coefficient (Wildman–Crippen LogP) is 5.71. The van der Waals surface area contributed by atoms with Gasteiger partial charge in [-0.15, -0.1) is 0 Å². The Morgan fingerprint density at radius 2 is 1.74 bits per heavy atom. The van der Waals surface area contributed by atoms with Gasteiger partial charge in [0.1, 0.15) is 0 Å². The van der Waals surface area contributed by atoms with Crippen LogP contribution in [0.1, 0.15) is 24.3 Å². The molecule has 6 nitrogen and oxygen atoms in total. The van der Waals surface area contributed by atoms with E-state index < -0.39 is 10.0 Å². The number of halogens is 1. The van der Waals surface area contributed by atoms with Gasteiger partial charge in [-0.05, 0) is 54.2 Å². The monoisotopic (exact) mass is 492 g/mol. The number of anilines is 2. The van der Waals surface area contributed by atoms with Crippen molar-refractivity contribution in [1.29, 1.82) is 0 Å². The molecule has 5 rings (SSSR count). The van der Waals surface area contributed by atoms with Gasteiger partial charge in [0.2, 0.25) is 10.0 Å². The van der Waals surface area contributed by atoms with E-state index in [4.69, 9.17) is 11.6 Å². The topological polar surface area (TPSA) is 75.2 Å². The lowest BCUT2D eigenvalue weighted by Crippen LogP contribution is -2.33. The summed E-state index contributed by atoms with van der Waals surface area (Å²) < 4.78 is 25.8. The molecule has 0 atom stereocenters. The summed E-state index contributed by atoms with van der Waals surface area (Å²) in [6.45, 7) is 1.96. The van der Waals surface area contributed by atoms with Crippen LogP contribution in [0.2, 0.25) is 5.15 Å². The van der Waals surface area contributed by atoms with Gasteiger partial charge in [0.05, 0.1) is 17.5 Å². The van der Waals surface area contributed by atoms with Crippen LogP contribution in [0.5, 0.6) is 0 Å². The number of aromatic nitrogens is 2. The molecule has 1 aliphatic rings. The first-order chi connectivity index (χ1) is 16.4. The zero-order valence-corrected chi connectivity index (χ0v) is 20.4. The molecule has 174 valence electrons. The molecule has 8 heteroatoms. The number of piperidine rings is 1. The Morgan fingerprint density at radius 1 is 0.971 bits per heavy atom. The van der Waals surface area contributed by atoms with Crippen molar-refractivity contribution in [3.8, 4) is 11.1 Å². The highest BCUT2D eigenvalue weighted by atomic mass is 35.5. The lowest BCUT2D eigenvalue weighted by atomic mass is 9.89. The van der Waals surface area contributed by atoms with Gasteiger partial charge < -0.3 is 4.90 Å². The van der Waals surface area contributed by atoms with Gasteiger partial charge in [0.25, 0.3) is 0 Å². The van der Waals surface area contributed by atoms with Crippen molar-refractivity contribution in [2.24, 2.45) is 0 Å². The van der Waals surface area contributed by atoms with Crippen LogP contribution in [0.15, 0.2) is 73.1 Å². The van der Waals surface area contributed by atoms with Crippen LogP contribution in [0.4, 0.5) is 11.4 Å². The molecule has 0 aliphatic carbocycles. The molecule has 4 aromatic rings. The molecule has 0 radical (unpaired) electrons. The lowest BCUT2D eigenvalue weighted by molar-refractivity contribution is 0.506.